The predicted molar refractivity (Wildman–Crippen MR) is 103 cm³/mol. The van der Waals surface area contributed by atoms with Crippen molar-refractivity contribution >= 4 is 11.6 Å². The van der Waals surface area contributed by atoms with Gasteiger partial charge >= 0.3 is 0 Å². The maximum absolute atomic E-state index is 12.5. The first-order valence-corrected chi connectivity index (χ1v) is 8.89. The lowest BCUT2D eigenvalue weighted by Crippen LogP contribution is -2.35. The number of benzene rings is 1. The van der Waals surface area contributed by atoms with Crippen molar-refractivity contribution < 1.29 is 4.79 Å². The highest BCUT2D eigenvalue weighted by atomic mass is 16.1. The summed E-state index contributed by atoms with van der Waals surface area (Å²) in [6.45, 7) is 14.7. The van der Waals surface area contributed by atoms with Crippen LogP contribution >= 0.6 is 0 Å². The highest BCUT2D eigenvalue weighted by molar-refractivity contribution is 5.95. The van der Waals surface area contributed by atoms with Gasteiger partial charge in [0.05, 0.1) is 17.3 Å². The summed E-state index contributed by atoms with van der Waals surface area (Å²) in [7, 11) is 0. The van der Waals surface area contributed by atoms with E-state index in [4.69, 9.17) is 0 Å². The molecular weight excluding hydrogens is 312 g/mol. The van der Waals surface area contributed by atoms with E-state index < -0.39 is 0 Å². The summed E-state index contributed by atoms with van der Waals surface area (Å²) in [5, 5.41) is 7.39. The number of carbonyl (C=O) groups is 1. The van der Waals surface area contributed by atoms with Gasteiger partial charge in [-0.3, -0.25) is 9.48 Å². The molecule has 0 unspecified atom stereocenters. The summed E-state index contributed by atoms with van der Waals surface area (Å²) in [5.74, 6) is -0.0618. The summed E-state index contributed by atoms with van der Waals surface area (Å²) in [5.41, 5.74) is 3.84. The quantitative estimate of drug-likeness (QED) is 0.874. The molecule has 5 nitrogen and oxygen atoms in total. The van der Waals surface area contributed by atoms with Gasteiger partial charge in [0, 0.05) is 31.0 Å². The molecule has 0 aliphatic carbocycles. The molecule has 1 amide bonds. The molecule has 0 bridgehead atoms. The van der Waals surface area contributed by atoms with Gasteiger partial charge in [-0.15, -0.1) is 0 Å². The van der Waals surface area contributed by atoms with Crippen molar-refractivity contribution in [2.45, 2.75) is 47.1 Å². The molecule has 1 aromatic heterocycles. The molecule has 136 valence electrons. The van der Waals surface area contributed by atoms with Crippen LogP contribution in [-0.2, 0) is 5.54 Å². The van der Waals surface area contributed by atoms with Gasteiger partial charge in [0.25, 0.3) is 5.91 Å². The molecule has 0 aliphatic rings. The van der Waals surface area contributed by atoms with Crippen molar-refractivity contribution in [3.05, 3.63) is 47.3 Å². The summed E-state index contributed by atoms with van der Waals surface area (Å²) >= 11 is 0. The molecule has 25 heavy (non-hydrogen) atoms. The molecule has 1 N–H and O–H groups in total. The minimum absolute atomic E-state index is 0.0618. The summed E-state index contributed by atoms with van der Waals surface area (Å²) in [4.78, 5) is 14.7. The molecule has 0 spiro atoms. The normalized spacial score (nSPS) is 11.4. The molecule has 5 heteroatoms. The zero-order valence-corrected chi connectivity index (χ0v) is 16.3. The van der Waals surface area contributed by atoms with Gasteiger partial charge in [-0.05, 0) is 59.2 Å². The molecule has 0 fully saturated rings. The number of hydrogen-bond donors (Lipinski definition) is 1. The van der Waals surface area contributed by atoms with Crippen LogP contribution in [-0.4, -0.2) is 35.3 Å². The number of nitrogens with zero attached hydrogens (tertiary/aromatic N) is 3. The lowest BCUT2D eigenvalue weighted by atomic mass is 10.1. The van der Waals surface area contributed by atoms with E-state index in [1.165, 1.54) is 11.3 Å². The molecular formula is C20H30N4O. The van der Waals surface area contributed by atoms with Crippen LogP contribution in [0.4, 0.5) is 5.69 Å². The van der Waals surface area contributed by atoms with E-state index in [9.17, 15) is 4.79 Å². The molecule has 0 saturated heterocycles. The van der Waals surface area contributed by atoms with Crippen molar-refractivity contribution in [2.75, 3.05) is 24.5 Å². The van der Waals surface area contributed by atoms with Crippen LogP contribution in [0.15, 0.2) is 30.5 Å². The van der Waals surface area contributed by atoms with Crippen LogP contribution in [0.1, 0.15) is 49.3 Å². The van der Waals surface area contributed by atoms with Crippen molar-refractivity contribution in [1.29, 1.82) is 0 Å². The number of aryl methyl sites for hydroxylation is 1. The van der Waals surface area contributed by atoms with Gasteiger partial charge in [0.15, 0.2) is 0 Å². The van der Waals surface area contributed by atoms with Gasteiger partial charge in [0.2, 0.25) is 0 Å². The summed E-state index contributed by atoms with van der Waals surface area (Å²) in [6, 6.07) is 8.43. The molecule has 0 saturated carbocycles. The lowest BCUT2D eigenvalue weighted by Gasteiger charge is -2.24. The first-order valence-electron chi connectivity index (χ1n) is 8.89. The number of carbonyl (C=O) groups excluding carboxylic acids is 1. The maximum Gasteiger partial charge on any atom is 0.254 e. The van der Waals surface area contributed by atoms with Gasteiger partial charge in [-0.25, -0.2) is 0 Å². The number of rotatable bonds is 6. The van der Waals surface area contributed by atoms with Crippen LogP contribution in [0.25, 0.3) is 0 Å². The zero-order valence-electron chi connectivity index (χ0n) is 16.3. The van der Waals surface area contributed by atoms with E-state index >= 15 is 0 Å². The Bertz CT molecular complexity index is 728. The van der Waals surface area contributed by atoms with E-state index in [0.717, 1.165) is 18.8 Å². The Morgan fingerprint density at radius 3 is 2.56 bits per heavy atom. The molecule has 1 aromatic carbocycles. The fourth-order valence-electron chi connectivity index (χ4n) is 3.00. The third kappa shape index (κ3) is 4.62. The Morgan fingerprint density at radius 1 is 1.28 bits per heavy atom. The van der Waals surface area contributed by atoms with Crippen molar-refractivity contribution in [2.24, 2.45) is 0 Å². The van der Waals surface area contributed by atoms with Crippen LogP contribution in [0.5, 0.6) is 0 Å². The Kier molecular flexibility index (Phi) is 5.88. The van der Waals surface area contributed by atoms with Crippen molar-refractivity contribution in [3.63, 3.8) is 0 Å². The van der Waals surface area contributed by atoms with Crippen LogP contribution in [0, 0.1) is 13.8 Å². The van der Waals surface area contributed by atoms with Crippen LogP contribution in [0.2, 0.25) is 0 Å². The highest BCUT2D eigenvalue weighted by Crippen LogP contribution is 2.18. The second kappa shape index (κ2) is 7.72. The molecule has 0 aliphatic heterocycles. The largest absolute Gasteiger partial charge is 0.370 e. The highest BCUT2D eigenvalue weighted by Gasteiger charge is 2.21. The van der Waals surface area contributed by atoms with Gasteiger partial charge in [-0.2, -0.15) is 5.10 Å². The number of hydrogen-bond acceptors (Lipinski definition) is 3. The number of amides is 1. The summed E-state index contributed by atoms with van der Waals surface area (Å²) in [6.07, 6.45) is 1.66. The van der Waals surface area contributed by atoms with E-state index in [0.29, 0.717) is 12.1 Å². The molecule has 2 rings (SSSR count). The second-order valence-electron chi connectivity index (χ2n) is 7.40. The van der Waals surface area contributed by atoms with Crippen LogP contribution in [0.3, 0.4) is 0 Å². The van der Waals surface area contributed by atoms with E-state index in [1.807, 2.05) is 11.6 Å². The third-order valence-corrected chi connectivity index (χ3v) is 4.31. The SMILES string of the molecule is CCN(CCNC(=O)c1cnn(C(C)(C)C)c1C)c1cccc(C)c1. The van der Waals surface area contributed by atoms with Crippen molar-refractivity contribution in [3.8, 4) is 0 Å². The molecule has 0 atom stereocenters. The second-order valence-corrected chi connectivity index (χ2v) is 7.40. The monoisotopic (exact) mass is 342 g/mol. The van der Waals surface area contributed by atoms with Gasteiger partial charge in [-0.1, -0.05) is 12.1 Å². The number of aromatic nitrogens is 2. The van der Waals surface area contributed by atoms with Gasteiger partial charge in [0.1, 0.15) is 0 Å². The van der Waals surface area contributed by atoms with E-state index in [-0.39, 0.29) is 11.4 Å². The Hall–Kier alpha value is -2.30. The van der Waals surface area contributed by atoms with E-state index in [1.54, 1.807) is 6.20 Å². The number of likely N-dealkylation sites (N-methyl/N-ethyl adjacent to an activating group) is 1. The minimum Gasteiger partial charge on any atom is -0.370 e. The fraction of sp³-hybridized carbons (Fsp3) is 0.500. The Labute approximate surface area is 151 Å². The number of nitrogens with one attached hydrogen (secondary N) is 1. The van der Waals surface area contributed by atoms with E-state index in [2.05, 4.69) is 74.2 Å². The molecule has 2 aromatic rings. The third-order valence-electron chi connectivity index (χ3n) is 4.31. The van der Waals surface area contributed by atoms with Gasteiger partial charge < -0.3 is 10.2 Å². The number of anilines is 1. The predicted octanol–water partition coefficient (Wildman–Crippen LogP) is 3.51. The fourth-order valence-corrected chi connectivity index (χ4v) is 3.00. The average molecular weight is 342 g/mol. The Balaban J connectivity index is 1.97. The first-order chi connectivity index (χ1) is 11.7. The molecule has 1 heterocycles. The zero-order chi connectivity index (χ0) is 18.6. The maximum atomic E-state index is 12.5. The molecule has 0 radical (unpaired) electrons. The van der Waals surface area contributed by atoms with Crippen LogP contribution < -0.4 is 10.2 Å². The first kappa shape index (κ1) is 19.0. The summed E-state index contributed by atoms with van der Waals surface area (Å²) < 4.78 is 1.90. The average Bonchev–Trinajstić information content (AvgIpc) is 2.93. The smallest absolute Gasteiger partial charge is 0.254 e. The topological polar surface area (TPSA) is 50.2 Å². The van der Waals surface area contributed by atoms with Crippen molar-refractivity contribution in [1.82, 2.24) is 15.1 Å². The minimum atomic E-state index is -0.132. The lowest BCUT2D eigenvalue weighted by molar-refractivity contribution is 0.0953. The standard InChI is InChI=1S/C20H30N4O/c1-7-23(17-10-8-9-15(2)13-17)12-11-21-19(25)18-14-22-24(16(18)3)20(4,5)6/h8-10,13-14H,7,11-12H2,1-6H3,(H,21,25). The Morgan fingerprint density at radius 2 is 2.00 bits per heavy atom.